The Morgan fingerprint density at radius 1 is 1.42 bits per heavy atom. The summed E-state index contributed by atoms with van der Waals surface area (Å²) < 4.78 is 5.80. The normalized spacial score (nSPS) is 21.2. The summed E-state index contributed by atoms with van der Waals surface area (Å²) in [6, 6.07) is 6.67. The Balaban J connectivity index is 1.72. The highest BCUT2D eigenvalue weighted by molar-refractivity contribution is 7.12. The SMILES string of the molecule is Cc1ccc2c(c1)-c1nc(C3CNCCO3)sc1C2. The Bertz CT molecular complexity index is 629. The van der Waals surface area contributed by atoms with Gasteiger partial charge in [-0.15, -0.1) is 11.3 Å². The van der Waals surface area contributed by atoms with Crippen molar-refractivity contribution in [1.29, 1.82) is 0 Å². The van der Waals surface area contributed by atoms with Gasteiger partial charge >= 0.3 is 0 Å². The number of morpholine rings is 1. The fourth-order valence-corrected chi connectivity index (χ4v) is 3.95. The molecule has 1 unspecified atom stereocenters. The van der Waals surface area contributed by atoms with Crippen LogP contribution >= 0.6 is 11.3 Å². The molecule has 1 fully saturated rings. The lowest BCUT2D eigenvalue weighted by atomic mass is 10.1. The standard InChI is InChI=1S/C15H16N2OS/c1-9-2-3-10-7-13-14(11(10)6-9)17-15(19-13)12-8-16-4-5-18-12/h2-3,6,12,16H,4-5,7-8H2,1H3. The maximum Gasteiger partial charge on any atom is 0.124 e. The topological polar surface area (TPSA) is 34.2 Å². The molecule has 1 N–H and O–H groups in total. The average Bonchev–Trinajstić information content (AvgIpc) is 2.98. The van der Waals surface area contributed by atoms with Gasteiger partial charge in [0, 0.05) is 30.0 Å². The summed E-state index contributed by atoms with van der Waals surface area (Å²) in [5.74, 6) is 0. The van der Waals surface area contributed by atoms with E-state index in [9.17, 15) is 0 Å². The van der Waals surface area contributed by atoms with Crippen molar-refractivity contribution in [3.8, 4) is 11.3 Å². The molecule has 2 aliphatic rings. The zero-order chi connectivity index (χ0) is 12.8. The van der Waals surface area contributed by atoms with E-state index in [-0.39, 0.29) is 6.10 Å². The van der Waals surface area contributed by atoms with E-state index in [1.165, 1.54) is 27.3 Å². The summed E-state index contributed by atoms with van der Waals surface area (Å²) in [4.78, 5) is 6.24. The molecule has 0 spiro atoms. The second-order valence-electron chi connectivity index (χ2n) is 5.22. The predicted octanol–water partition coefficient (Wildman–Crippen LogP) is 2.68. The van der Waals surface area contributed by atoms with Gasteiger partial charge in [0.05, 0.1) is 12.3 Å². The zero-order valence-corrected chi connectivity index (χ0v) is 11.7. The highest BCUT2D eigenvalue weighted by Gasteiger charge is 2.27. The van der Waals surface area contributed by atoms with Gasteiger partial charge < -0.3 is 10.1 Å². The first kappa shape index (κ1) is 11.6. The predicted molar refractivity (Wildman–Crippen MR) is 76.7 cm³/mol. The lowest BCUT2D eigenvalue weighted by Gasteiger charge is -2.21. The molecule has 1 aromatic heterocycles. The van der Waals surface area contributed by atoms with Crippen molar-refractivity contribution in [3.05, 3.63) is 39.2 Å². The molecule has 1 saturated heterocycles. The lowest BCUT2D eigenvalue weighted by molar-refractivity contribution is 0.0276. The molecular weight excluding hydrogens is 256 g/mol. The lowest BCUT2D eigenvalue weighted by Crippen LogP contribution is -2.33. The summed E-state index contributed by atoms with van der Waals surface area (Å²) >= 11 is 1.81. The fraction of sp³-hybridized carbons (Fsp3) is 0.400. The molecule has 1 aliphatic carbocycles. The van der Waals surface area contributed by atoms with Gasteiger partial charge in [-0.05, 0) is 18.6 Å². The number of nitrogens with zero attached hydrogens (tertiary/aromatic N) is 1. The molecule has 4 heteroatoms. The van der Waals surface area contributed by atoms with Gasteiger partial charge in [0.2, 0.25) is 0 Å². The van der Waals surface area contributed by atoms with Crippen LogP contribution in [0.15, 0.2) is 18.2 Å². The molecular formula is C15H16N2OS. The number of hydrogen-bond acceptors (Lipinski definition) is 4. The Labute approximate surface area is 116 Å². The van der Waals surface area contributed by atoms with Crippen LogP contribution in [0, 0.1) is 6.92 Å². The summed E-state index contributed by atoms with van der Waals surface area (Å²) in [7, 11) is 0. The van der Waals surface area contributed by atoms with E-state index in [4.69, 9.17) is 9.72 Å². The van der Waals surface area contributed by atoms with Crippen LogP contribution in [-0.4, -0.2) is 24.7 Å². The number of ether oxygens (including phenoxy) is 1. The number of fused-ring (bicyclic) bond motifs is 3. The number of hydrogen-bond donors (Lipinski definition) is 1. The quantitative estimate of drug-likeness (QED) is 0.739. The number of aromatic nitrogens is 1. The van der Waals surface area contributed by atoms with Gasteiger partial charge in [-0.2, -0.15) is 0 Å². The van der Waals surface area contributed by atoms with Crippen LogP contribution in [0.1, 0.15) is 27.1 Å². The molecule has 0 bridgehead atoms. The van der Waals surface area contributed by atoms with Gasteiger partial charge in [0.25, 0.3) is 0 Å². The third-order valence-corrected chi connectivity index (χ3v) is 4.94. The minimum Gasteiger partial charge on any atom is -0.368 e. The Morgan fingerprint density at radius 3 is 3.21 bits per heavy atom. The van der Waals surface area contributed by atoms with E-state index in [1.807, 2.05) is 11.3 Å². The third kappa shape index (κ3) is 1.91. The molecule has 2 aromatic rings. The van der Waals surface area contributed by atoms with Crippen LogP contribution in [0.2, 0.25) is 0 Å². The first-order valence-electron chi connectivity index (χ1n) is 6.73. The van der Waals surface area contributed by atoms with Crippen molar-refractivity contribution in [3.63, 3.8) is 0 Å². The van der Waals surface area contributed by atoms with Crippen molar-refractivity contribution >= 4 is 11.3 Å². The number of thiazole rings is 1. The van der Waals surface area contributed by atoms with Gasteiger partial charge in [-0.3, -0.25) is 0 Å². The first-order chi connectivity index (χ1) is 9.31. The van der Waals surface area contributed by atoms with Crippen LogP contribution < -0.4 is 5.32 Å². The zero-order valence-electron chi connectivity index (χ0n) is 10.9. The molecule has 1 atom stereocenters. The monoisotopic (exact) mass is 272 g/mol. The minimum absolute atomic E-state index is 0.137. The van der Waals surface area contributed by atoms with Crippen molar-refractivity contribution in [2.45, 2.75) is 19.4 Å². The van der Waals surface area contributed by atoms with Gasteiger partial charge in [-0.25, -0.2) is 4.98 Å². The number of rotatable bonds is 1. The highest BCUT2D eigenvalue weighted by atomic mass is 32.1. The largest absolute Gasteiger partial charge is 0.368 e. The molecule has 1 aliphatic heterocycles. The smallest absolute Gasteiger partial charge is 0.124 e. The summed E-state index contributed by atoms with van der Waals surface area (Å²) in [5, 5.41) is 4.50. The van der Waals surface area contributed by atoms with E-state index >= 15 is 0 Å². The maximum absolute atomic E-state index is 5.80. The van der Waals surface area contributed by atoms with Gasteiger partial charge in [-0.1, -0.05) is 17.7 Å². The molecule has 98 valence electrons. The minimum atomic E-state index is 0.137. The van der Waals surface area contributed by atoms with E-state index < -0.39 is 0 Å². The van der Waals surface area contributed by atoms with Crippen LogP contribution in [0.25, 0.3) is 11.3 Å². The molecule has 0 radical (unpaired) electrons. The molecule has 1 aromatic carbocycles. The Kier molecular flexibility index (Phi) is 2.69. The fourth-order valence-electron chi connectivity index (χ4n) is 2.80. The highest BCUT2D eigenvalue weighted by Crippen LogP contribution is 2.41. The third-order valence-electron chi connectivity index (χ3n) is 3.79. The van der Waals surface area contributed by atoms with Gasteiger partial charge in [0.1, 0.15) is 11.1 Å². The molecule has 4 rings (SSSR count). The van der Waals surface area contributed by atoms with Crippen LogP contribution in [0.3, 0.4) is 0 Å². The molecule has 0 saturated carbocycles. The van der Waals surface area contributed by atoms with Gasteiger partial charge in [0.15, 0.2) is 0 Å². The Hall–Kier alpha value is -1.23. The molecule has 19 heavy (non-hydrogen) atoms. The van der Waals surface area contributed by atoms with E-state index in [1.54, 1.807) is 0 Å². The second kappa shape index (κ2) is 4.40. The van der Waals surface area contributed by atoms with Crippen LogP contribution in [0.4, 0.5) is 0 Å². The van der Waals surface area contributed by atoms with Crippen LogP contribution in [-0.2, 0) is 11.2 Å². The molecule has 3 nitrogen and oxygen atoms in total. The van der Waals surface area contributed by atoms with Crippen LogP contribution in [0.5, 0.6) is 0 Å². The summed E-state index contributed by atoms with van der Waals surface area (Å²) in [5.41, 5.74) is 5.22. The van der Waals surface area contributed by atoms with Crippen molar-refractivity contribution in [2.24, 2.45) is 0 Å². The summed E-state index contributed by atoms with van der Waals surface area (Å²) in [6.07, 6.45) is 1.17. The first-order valence-corrected chi connectivity index (χ1v) is 7.55. The van der Waals surface area contributed by atoms with Crippen molar-refractivity contribution < 1.29 is 4.74 Å². The number of nitrogens with one attached hydrogen (secondary N) is 1. The summed E-state index contributed by atoms with van der Waals surface area (Å²) in [6.45, 7) is 4.75. The second-order valence-corrected chi connectivity index (χ2v) is 6.34. The van der Waals surface area contributed by atoms with E-state index in [0.717, 1.165) is 31.1 Å². The molecule has 2 heterocycles. The Morgan fingerprint density at radius 2 is 2.37 bits per heavy atom. The van der Waals surface area contributed by atoms with E-state index in [0.29, 0.717) is 0 Å². The maximum atomic E-state index is 5.80. The number of benzene rings is 1. The van der Waals surface area contributed by atoms with Crippen molar-refractivity contribution in [2.75, 3.05) is 19.7 Å². The molecule has 0 amide bonds. The average molecular weight is 272 g/mol. The number of aryl methyl sites for hydroxylation is 1. The van der Waals surface area contributed by atoms with E-state index in [2.05, 4.69) is 30.4 Å². The van der Waals surface area contributed by atoms with Crippen molar-refractivity contribution in [1.82, 2.24) is 10.3 Å².